The van der Waals surface area contributed by atoms with E-state index in [0.717, 1.165) is 5.56 Å². The van der Waals surface area contributed by atoms with Crippen molar-refractivity contribution in [2.45, 2.75) is 32.2 Å². The Kier molecular flexibility index (Phi) is 7.17. The van der Waals surface area contributed by atoms with Crippen molar-refractivity contribution in [1.82, 2.24) is 10.2 Å². The van der Waals surface area contributed by atoms with Crippen molar-refractivity contribution in [3.8, 4) is 0 Å². The molecule has 0 bridgehead atoms. The van der Waals surface area contributed by atoms with E-state index in [9.17, 15) is 18.0 Å². The van der Waals surface area contributed by atoms with Gasteiger partial charge in [-0.25, -0.2) is 4.79 Å². The van der Waals surface area contributed by atoms with Crippen LogP contribution < -0.4 is 5.32 Å². The number of carbonyl (C=O) groups excluding carboxylic acids is 1. The van der Waals surface area contributed by atoms with E-state index in [1.165, 1.54) is 4.90 Å². The van der Waals surface area contributed by atoms with Gasteiger partial charge in [0.15, 0.2) is 0 Å². The third-order valence-electron chi connectivity index (χ3n) is 3.22. The summed E-state index contributed by atoms with van der Waals surface area (Å²) in [6, 6.07) is 9.04. The molecule has 0 aliphatic rings. The quantitative estimate of drug-likeness (QED) is 0.785. The summed E-state index contributed by atoms with van der Waals surface area (Å²) in [7, 11) is 1.57. The highest BCUT2D eigenvalue weighted by atomic mass is 19.4. The van der Waals surface area contributed by atoms with Crippen LogP contribution in [0.5, 0.6) is 0 Å². The van der Waals surface area contributed by atoms with Crippen LogP contribution in [0.2, 0.25) is 0 Å². The van der Waals surface area contributed by atoms with Crippen LogP contribution in [0.1, 0.15) is 18.9 Å². The number of hydrogen-bond donors (Lipinski definition) is 1. The van der Waals surface area contributed by atoms with E-state index in [2.05, 4.69) is 5.32 Å². The molecule has 22 heavy (non-hydrogen) atoms. The van der Waals surface area contributed by atoms with Gasteiger partial charge in [-0.05, 0) is 25.5 Å². The predicted octanol–water partition coefficient (Wildman–Crippen LogP) is 3.19. The van der Waals surface area contributed by atoms with Crippen molar-refractivity contribution in [3.63, 3.8) is 0 Å². The topological polar surface area (TPSA) is 41.6 Å². The molecule has 1 aromatic carbocycles. The molecular weight excluding hydrogens is 297 g/mol. The van der Waals surface area contributed by atoms with Gasteiger partial charge in [0.2, 0.25) is 0 Å². The average Bonchev–Trinajstić information content (AvgIpc) is 2.48. The first-order chi connectivity index (χ1) is 10.3. The highest BCUT2D eigenvalue weighted by Crippen LogP contribution is 2.12. The van der Waals surface area contributed by atoms with E-state index in [0.29, 0.717) is 6.42 Å². The maximum Gasteiger partial charge on any atom is 0.410 e. The van der Waals surface area contributed by atoms with Crippen LogP contribution in [0.15, 0.2) is 30.3 Å². The summed E-state index contributed by atoms with van der Waals surface area (Å²) in [5.74, 6) is 0. The Morgan fingerprint density at radius 3 is 2.55 bits per heavy atom. The van der Waals surface area contributed by atoms with Crippen LogP contribution >= 0.6 is 0 Å². The number of ether oxygens (including phenoxy) is 1. The number of halogens is 3. The first-order valence-corrected chi connectivity index (χ1v) is 7.00. The van der Waals surface area contributed by atoms with Gasteiger partial charge in [-0.3, -0.25) is 0 Å². The lowest BCUT2D eigenvalue weighted by molar-refractivity contribution is -0.124. The van der Waals surface area contributed by atoms with Gasteiger partial charge in [0.05, 0.1) is 6.54 Å². The summed E-state index contributed by atoms with van der Waals surface area (Å²) in [5.41, 5.74) is 0.878. The van der Waals surface area contributed by atoms with Crippen molar-refractivity contribution in [2.75, 3.05) is 20.1 Å². The normalized spacial score (nSPS) is 12.8. The summed E-state index contributed by atoms with van der Waals surface area (Å²) < 4.78 is 41.1. The molecule has 1 aromatic rings. The predicted molar refractivity (Wildman–Crippen MR) is 77.4 cm³/mol. The standard InChI is InChI=1S/C15H21F3N2O2/c1-12(8-9-19-11-15(16,17)18)20(2)14(21)22-10-13-6-4-3-5-7-13/h3-7,12,19H,8-11H2,1-2H3. The summed E-state index contributed by atoms with van der Waals surface area (Å²) >= 11 is 0. The molecule has 1 unspecified atom stereocenters. The first kappa shape index (κ1) is 18.3. The van der Waals surface area contributed by atoms with E-state index in [1.807, 2.05) is 30.3 Å². The molecule has 4 nitrogen and oxygen atoms in total. The molecule has 0 saturated heterocycles. The van der Waals surface area contributed by atoms with E-state index in [1.54, 1.807) is 14.0 Å². The summed E-state index contributed by atoms with van der Waals surface area (Å²) in [5, 5.41) is 2.30. The SMILES string of the molecule is CC(CCNCC(F)(F)F)N(C)C(=O)OCc1ccccc1. The van der Waals surface area contributed by atoms with Crippen molar-refractivity contribution >= 4 is 6.09 Å². The molecule has 0 aliphatic heterocycles. The Labute approximate surface area is 128 Å². The van der Waals surface area contributed by atoms with Crippen molar-refractivity contribution in [2.24, 2.45) is 0 Å². The van der Waals surface area contributed by atoms with Crippen LogP contribution in [0, 0.1) is 0 Å². The van der Waals surface area contributed by atoms with Crippen molar-refractivity contribution in [1.29, 1.82) is 0 Å². The van der Waals surface area contributed by atoms with Gasteiger partial charge >= 0.3 is 12.3 Å². The lowest BCUT2D eigenvalue weighted by Crippen LogP contribution is -2.38. The molecule has 1 amide bonds. The molecule has 124 valence electrons. The van der Waals surface area contributed by atoms with Gasteiger partial charge in [-0.2, -0.15) is 13.2 Å². The molecule has 0 aliphatic carbocycles. The van der Waals surface area contributed by atoms with Crippen LogP contribution in [0.3, 0.4) is 0 Å². The number of amides is 1. The Hall–Kier alpha value is -1.76. The zero-order chi connectivity index (χ0) is 16.6. The minimum Gasteiger partial charge on any atom is -0.445 e. The summed E-state index contributed by atoms with van der Waals surface area (Å²) in [4.78, 5) is 13.2. The fourth-order valence-electron chi connectivity index (χ4n) is 1.74. The molecule has 7 heteroatoms. The molecule has 0 fully saturated rings. The number of alkyl halides is 3. The molecule has 0 aromatic heterocycles. The maximum atomic E-state index is 12.0. The second kappa shape index (κ2) is 8.63. The maximum absolute atomic E-state index is 12.0. The highest BCUT2D eigenvalue weighted by Gasteiger charge is 2.26. The van der Waals surface area contributed by atoms with Crippen LogP contribution in [0.4, 0.5) is 18.0 Å². The second-order valence-corrected chi connectivity index (χ2v) is 5.08. The Morgan fingerprint density at radius 2 is 1.95 bits per heavy atom. The minimum absolute atomic E-state index is 0.170. The summed E-state index contributed by atoms with van der Waals surface area (Å²) in [6.45, 7) is 1.08. The van der Waals surface area contributed by atoms with Gasteiger partial charge in [0.1, 0.15) is 6.61 Å². The van der Waals surface area contributed by atoms with E-state index in [-0.39, 0.29) is 19.2 Å². The van der Waals surface area contributed by atoms with E-state index in [4.69, 9.17) is 4.74 Å². The molecule has 1 N–H and O–H groups in total. The van der Waals surface area contributed by atoms with Crippen molar-refractivity contribution < 1.29 is 22.7 Å². The zero-order valence-electron chi connectivity index (χ0n) is 12.7. The number of rotatable bonds is 7. The van der Waals surface area contributed by atoms with E-state index < -0.39 is 18.8 Å². The number of carbonyl (C=O) groups is 1. The Balaban J connectivity index is 2.27. The monoisotopic (exact) mass is 318 g/mol. The molecular formula is C15H21F3N2O2. The van der Waals surface area contributed by atoms with Crippen LogP contribution in [-0.4, -0.2) is 43.3 Å². The second-order valence-electron chi connectivity index (χ2n) is 5.08. The van der Waals surface area contributed by atoms with Crippen LogP contribution in [-0.2, 0) is 11.3 Å². The smallest absolute Gasteiger partial charge is 0.410 e. The molecule has 1 atom stereocenters. The average molecular weight is 318 g/mol. The first-order valence-electron chi connectivity index (χ1n) is 7.00. The lowest BCUT2D eigenvalue weighted by Gasteiger charge is -2.24. The fourth-order valence-corrected chi connectivity index (χ4v) is 1.74. The third kappa shape index (κ3) is 7.31. The molecule has 0 spiro atoms. The third-order valence-corrected chi connectivity index (χ3v) is 3.22. The van der Waals surface area contributed by atoms with Gasteiger partial charge < -0.3 is 15.0 Å². The number of benzene rings is 1. The lowest BCUT2D eigenvalue weighted by atomic mass is 10.2. The van der Waals surface area contributed by atoms with Gasteiger partial charge in [0, 0.05) is 13.1 Å². The minimum atomic E-state index is -4.22. The van der Waals surface area contributed by atoms with E-state index >= 15 is 0 Å². The van der Waals surface area contributed by atoms with Gasteiger partial charge in [-0.15, -0.1) is 0 Å². The zero-order valence-corrected chi connectivity index (χ0v) is 12.7. The Morgan fingerprint density at radius 1 is 1.32 bits per heavy atom. The largest absolute Gasteiger partial charge is 0.445 e. The number of hydrogen-bond acceptors (Lipinski definition) is 3. The van der Waals surface area contributed by atoms with Crippen LogP contribution in [0.25, 0.3) is 0 Å². The molecule has 0 heterocycles. The van der Waals surface area contributed by atoms with Gasteiger partial charge in [-0.1, -0.05) is 30.3 Å². The molecule has 0 saturated carbocycles. The fraction of sp³-hybridized carbons (Fsp3) is 0.533. The highest BCUT2D eigenvalue weighted by molar-refractivity contribution is 5.67. The molecule has 1 rings (SSSR count). The summed E-state index contributed by atoms with van der Waals surface area (Å²) in [6.07, 6.45) is -4.30. The number of nitrogens with zero attached hydrogens (tertiary/aromatic N) is 1. The van der Waals surface area contributed by atoms with Gasteiger partial charge in [0.25, 0.3) is 0 Å². The Bertz CT molecular complexity index is 452. The van der Waals surface area contributed by atoms with Crippen molar-refractivity contribution in [3.05, 3.63) is 35.9 Å². The molecule has 0 radical (unpaired) electrons. The number of nitrogens with one attached hydrogen (secondary N) is 1.